The maximum atomic E-state index is 12.3. The van der Waals surface area contributed by atoms with Crippen molar-refractivity contribution in [1.82, 2.24) is 4.90 Å². The third-order valence-corrected chi connectivity index (χ3v) is 3.84. The Labute approximate surface area is 118 Å². The minimum Gasteiger partial charge on any atom is -0.508 e. The highest BCUT2D eigenvalue weighted by molar-refractivity contribution is 6.00. The highest BCUT2D eigenvalue weighted by Gasteiger charge is 2.23. The van der Waals surface area contributed by atoms with Gasteiger partial charge >= 0.3 is 0 Å². The van der Waals surface area contributed by atoms with Crippen LogP contribution < -0.4 is 0 Å². The number of hydrogen-bond donors (Lipinski definition) is 3. The average molecular weight is 279 g/mol. The van der Waals surface area contributed by atoms with Crippen LogP contribution in [0.2, 0.25) is 0 Å². The van der Waals surface area contributed by atoms with E-state index in [0.29, 0.717) is 0 Å². The monoisotopic (exact) mass is 279 g/mol. The third-order valence-electron chi connectivity index (χ3n) is 3.84. The van der Waals surface area contributed by atoms with Crippen molar-refractivity contribution in [2.75, 3.05) is 19.7 Å². The van der Waals surface area contributed by atoms with Gasteiger partial charge in [0.05, 0.1) is 18.7 Å². The third kappa shape index (κ3) is 3.49. The van der Waals surface area contributed by atoms with Crippen LogP contribution >= 0.6 is 0 Å². The maximum absolute atomic E-state index is 12.3. The van der Waals surface area contributed by atoms with E-state index in [4.69, 9.17) is 0 Å². The van der Waals surface area contributed by atoms with Crippen LogP contribution in [-0.2, 0) is 0 Å². The highest BCUT2D eigenvalue weighted by atomic mass is 16.3. The summed E-state index contributed by atoms with van der Waals surface area (Å²) in [5.74, 6) is -0.463. The zero-order valence-corrected chi connectivity index (χ0v) is 11.5. The van der Waals surface area contributed by atoms with Crippen molar-refractivity contribution in [1.29, 1.82) is 0 Å². The molecule has 1 aromatic carbocycles. The van der Waals surface area contributed by atoms with Crippen LogP contribution in [-0.4, -0.2) is 51.7 Å². The van der Waals surface area contributed by atoms with Crippen LogP contribution in [0.15, 0.2) is 18.2 Å². The van der Waals surface area contributed by atoms with Crippen molar-refractivity contribution in [3.05, 3.63) is 23.8 Å². The Kier molecular flexibility index (Phi) is 4.98. The molecule has 1 aliphatic heterocycles. The first kappa shape index (κ1) is 14.8. The van der Waals surface area contributed by atoms with E-state index < -0.39 is 0 Å². The molecule has 0 bridgehead atoms. The number of nitrogens with zero attached hydrogens (tertiary/aromatic N) is 1. The molecule has 1 heterocycles. The molecule has 5 nitrogen and oxygen atoms in total. The summed E-state index contributed by atoms with van der Waals surface area (Å²) in [4.78, 5) is 14.2. The molecule has 2 rings (SSSR count). The molecule has 0 saturated carbocycles. The van der Waals surface area contributed by atoms with Gasteiger partial charge in [0.15, 0.2) is 5.78 Å². The van der Waals surface area contributed by atoms with E-state index in [9.17, 15) is 20.1 Å². The van der Waals surface area contributed by atoms with Gasteiger partial charge in [0, 0.05) is 12.1 Å². The normalized spacial score (nSPS) is 20.6. The molecule has 1 aliphatic rings. The summed E-state index contributed by atoms with van der Waals surface area (Å²) in [6, 6.07) is 4.00. The van der Waals surface area contributed by atoms with Gasteiger partial charge in [-0.05, 0) is 31.5 Å². The molecule has 20 heavy (non-hydrogen) atoms. The number of hydrogen-bond acceptors (Lipinski definition) is 5. The Morgan fingerprint density at radius 2 is 2.05 bits per heavy atom. The van der Waals surface area contributed by atoms with Crippen molar-refractivity contribution in [3.8, 4) is 11.5 Å². The lowest BCUT2D eigenvalue weighted by atomic mass is 10.1. The number of phenolic OH excluding ortho intramolecular Hbond substituents is 2. The molecule has 0 radical (unpaired) electrons. The predicted molar refractivity (Wildman–Crippen MR) is 75.0 cm³/mol. The second-order valence-corrected chi connectivity index (χ2v) is 5.28. The number of phenols is 2. The first-order chi connectivity index (χ1) is 9.61. The van der Waals surface area contributed by atoms with Gasteiger partial charge in [-0.15, -0.1) is 0 Å². The van der Waals surface area contributed by atoms with Gasteiger partial charge in [-0.1, -0.05) is 12.8 Å². The lowest BCUT2D eigenvalue weighted by Gasteiger charge is -2.27. The molecular weight excluding hydrogens is 258 g/mol. The number of rotatable bonds is 4. The maximum Gasteiger partial charge on any atom is 0.180 e. The van der Waals surface area contributed by atoms with Gasteiger partial charge < -0.3 is 15.3 Å². The molecule has 110 valence electrons. The summed E-state index contributed by atoms with van der Waals surface area (Å²) >= 11 is 0. The minimum absolute atomic E-state index is 0.0145. The van der Waals surface area contributed by atoms with Crippen LogP contribution in [0.25, 0.3) is 0 Å². The predicted octanol–water partition coefficient (Wildman–Crippen LogP) is 1.52. The number of aromatic hydroxyl groups is 2. The summed E-state index contributed by atoms with van der Waals surface area (Å²) in [7, 11) is 0. The summed E-state index contributed by atoms with van der Waals surface area (Å²) in [6.07, 6.45) is 4.10. The Balaban J connectivity index is 2.09. The van der Waals surface area contributed by atoms with Gasteiger partial charge in [0.25, 0.3) is 0 Å². The molecule has 0 amide bonds. The average Bonchev–Trinajstić information content (AvgIpc) is 2.63. The van der Waals surface area contributed by atoms with Crippen LogP contribution in [0.4, 0.5) is 0 Å². The van der Waals surface area contributed by atoms with Gasteiger partial charge in [-0.2, -0.15) is 0 Å². The van der Waals surface area contributed by atoms with Gasteiger partial charge in [-0.3, -0.25) is 9.69 Å². The molecular formula is C15H21NO4. The minimum atomic E-state index is -0.203. The van der Waals surface area contributed by atoms with Crippen LogP contribution in [0.3, 0.4) is 0 Å². The SMILES string of the molecule is O=C(CN1CCCCCC1CO)c1ccc(O)cc1O. The Hall–Kier alpha value is -1.59. The molecule has 0 aromatic heterocycles. The quantitative estimate of drug-likeness (QED) is 0.728. The molecule has 1 atom stereocenters. The van der Waals surface area contributed by atoms with E-state index in [0.717, 1.165) is 32.2 Å². The summed E-state index contributed by atoms with van der Waals surface area (Å²) in [6.45, 7) is 1.02. The summed E-state index contributed by atoms with van der Waals surface area (Å²) in [5.41, 5.74) is 0.212. The smallest absolute Gasteiger partial charge is 0.180 e. The lowest BCUT2D eigenvalue weighted by molar-refractivity contribution is 0.0824. The van der Waals surface area contributed by atoms with E-state index in [1.165, 1.54) is 18.2 Å². The van der Waals surface area contributed by atoms with Crippen molar-refractivity contribution in [2.24, 2.45) is 0 Å². The molecule has 3 N–H and O–H groups in total. The van der Waals surface area contributed by atoms with Crippen LogP contribution in [0.1, 0.15) is 36.0 Å². The van der Waals surface area contributed by atoms with E-state index in [2.05, 4.69) is 0 Å². The van der Waals surface area contributed by atoms with E-state index >= 15 is 0 Å². The highest BCUT2D eigenvalue weighted by Crippen LogP contribution is 2.24. The Morgan fingerprint density at radius 3 is 2.75 bits per heavy atom. The first-order valence-corrected chi connectivity index (χ1v) is 7.02. The summed E-state index contributed by atoms with van der Waals surface area (Å²) < 4.78 is 0. The van der Waals surface area contributed by atoms with Gasteiger partial charge in [-0.25, -0.2) is 0 Å². The fraction of sp³-hybridized carbons (Fsp3) is 0.533. The van der Waals surface area contributed by atoms with E-state index in [1.54, 1.807) is 0 Å². The first-order valence-electron chi connectivity index (χ1n) is 7.02. The van der Waals surface area contributed by atoms with Crippen molar-refractivity contribution in [2.45, 2.75) is 31.7 Å². The topological polar surface area (TPSA) is 81.0 Å². The molecule has 1 unspecified atom stereocenters. The number of Topliss-reactive ketones (excluding diaryl/α,β-unsaturated/α-hetero) is 1. The standard InChI is InChI=1S/C15H21NO4/c17-10-11-4-2-1-3-7-16(11)9-15(20)13-6-5-12(18)8-14(13)19/h5-6,8,11,17-19H,1-4,7,9-10H2. The van der Waals surface area contributed by atoms with Crippen molar-refractivity contribution in [3.63, 3.8) is 0 Å². The molecule has 1 aromatic rings. The molecule has 0 aliphatic carbocycles. The number of benzene rings is 1. The molecule has 1 saturated heterocycles. The van der Waals surface area contributed by atoms with E-state index in [1.807, 2.05) is 4.90 Å². The number of likely N-dealkylation sites (tertiary alicyclic amines) is 1. The molecule has 5 heteroatoms. The number of ketones is 1. The second-order valence-electron chi connectivity index (χ2n) is 5.28. The zero-order chi connectivity index (χ0) is 14.5. The lowest BCUT2D eigenvalue weighted by Crippen LogP contribution is -2.40. The fourth-order valence-corrected chi connectivity index (χ4v) is 2.68. The Bertz CT molecular complexity index is 475. The number of aliphatic hydroxyl groups excluding tert-OH is 1. The van der Waals surface area contributed by atoms with Gasteiger partial charge in [0.2, 0.25) is 0 Å². The molecule has 1 fully saturated rings. The molecule has 0 spiro atoms. The fourth-order valence-electron chi connectivity index (χ4n) is 2.68. The van der Waals surface area contributed by atoms with Gasteiger partial charge in [0.1, 0.15) is 11.5 Å². The second kappa shape index (κ2) is 6.72. The van der Waals surface area contributed by atoms with Crippen LogP contribution in [0, 0.1) is 0 Å². The van der Waals surface area contributed by atoms with Crippen molar-refractivity contribution >= 4 is 5.78 Å². The van der Waals surface area contributed by atoms with Crippen LogP contribution in [0.5, 0.6) is 11.5 Å². The Morgan fingerprint density at radius 1 is 1.25 bits per heavy atom. The number of aliphatic hydroxyl groups is 1. The summed E-state index contributed by atoms with van der Waals surface area (Å²) in [5, 5.41) is 28.4. The van der Waals surface area contributed by atoms with E-state index in [-0.39, 0.29) is 42.0 Å². The van der Waals surface area contributed by atoms with Crippen molar-refractivity contribution < 1.29 is 20.1 Å². The zero-order valence-electron chi connectivity index (χ0n) is 11.5. The number of carbonyl (C=O) groups excluding carboxylic acids is 1. The largest absolute Gasteiger partial charge is 0.508 e. The number of carbonyl (C=O) groups is 1.